The number of aryl methyl sites for hydroxylation is 1. The highest BCUT2D eigenvalue weighted by Gasteiger charge is 1.92. The fourth-order valence-corrected chi connectivity index (χ4v) is 0.880. The van der Waals surface area contributed by atoms with Crippen LogP contribution in [0.2, 0.25) is 0 Å². The van der Waals surface area contributed by atoms with E-state index >= 15 is 0 Å². The summed E-state index contributed by atoms with van der Waals surface area (Å²) in [6.45, 7) is 2.98. The highest BCUT2D eigenvalue weighted by atomic mass is 15.3. The molecule has 0 saturated heterocycles. The minimum Gasteiger partial charge on any atom is -0.271 e. The topological polar surface area (TPSA) is 41.6 Å². The highest BCUT2D eigenvalue weighted by molar-refractivity contribution is 5.34. The van der Waals surface area contributed by atoms with E-state index in [4.69, 9.17) is 5.26 Å². The first-order valence-corrected chi connectivity index (χ1v) is 3.79. The van der Waals surface area contributed by atoms with Gasteiger partial charge in [0, 0.05) is 18.7 Å². The third-order valence-electron chi connectivity index (χ3n) is 1.35. The van der Waals surface area contributed by atoms with Gasteiger partial charge in [-0.05, 0) is 12.3 Å². The molecule has 60 valence electrons. The first-order chi connectivity index (χ1) is 5.86. The van der Waals surface area contributed by atoms with Crippen molar-refractivity contribution >= 4 is 0 Å². The van der Waals surface area contributed by atoms with Crippen molar-refractivity contribution < 1.29 is 0 Å². The molecule has 0 N–H and O–H groups in total. The van der Waals surface area contributed by atoms with Crippen molar-refractivity contribution in [2.45, 2.75) is 19.9 Å². The molecule has 0 aliphatic heterocycles. The number of aromatic nitrogens is 2. The molecule has 0 amide bonds. The van der Waals surface area contributed by atoms with Crippen LogP contribution in [0.15, 0.2) is 12.4 Å². The summed E-state index contributed by atoms with van der Waals surface area (Å²) in [5, 5.41) is 12.3. The lowest BCUT2D eigenvalue weighted by Gasteiger charge is -1.93. The summed E-state index contributed by atoms with van der Waals surface area (Å²) >= 11 is 0. The standard InChI is InChI=1S/C9H9N3/c1-2-6-12-8-9(7-11-12)4-3-5-10/h7-8H,2,6H2,1H3. The Morgan fingerprint density at radius 3 is 3.17 bits per heavy atom. The predicted molar refractivity (Wildman–Crippen MR) is 45.0 cm³/mol. The van der Waals surface area contributed by atoms with Gasteiger partial charge < -0.3 is 0 Å². The van der Waals surface area contributed by atoms with E-state index in [2.05, 4.69) is 23.9 Å². The van der Waals surface area contributed by atoms with Crippen LogP contribution in [0.4, 0.5) is 0 Å². The molecular formula is C9H9N3. The average Bonchev–Trinajstić information content (AvgIpc) is 2.50. The molecule has 0 bridgehead atoms. The first kappa shape index (κ1) is 8.36. The lowest BCUT2D eigenvalue weighted by Crippen LogP contribution is -1.95. The van der Waals surface area contributed by atoms with Crippen LogP contribution in [0.3, 0.4) is 0 Å². The van der Waals surface area contributed by atoms with Gasteiger partial charge in [-0.25, -0.2) is 0 Å². The van der Waals surface area contributed by atoms with Crippen LogP contribution >= 0.6 is 0 Å². The van der Waals surface area contributed by atoms with Crippen LogP contribution in [0.25, 0.3) is 0 Å². The Morgan fingerprint density at radius 2 is 2.50 bits per heavy atom. The summed E-state index contributed by atoms with van der Waals surface area (Å²) in [5.41, 5.74) is 0.796. The Hall–Kier alpha value is -1.74. The number of hydrogen-bond donors (Lipinski definition) is 0. The Balaban J connectivity index is 2.72. The molecule has 0 radical (unpaired) electrons. The van der Waals surface area contributed by atoms with Gasteiger partial charge in [-0.15, -0.1) is 0 Å². The summed E-state index contributed by atoms with van der Waals surface area (Å²) in [7, 11) is 0. The second-order valence-electron chi connectivity index (χ2n) is 2.35. The summed E-state index contributed by atoms with van der Waals surface area (Å²) in [6.07, 6.45) is 4.56. The van der Waals surface area contributed by atoms with E-state index in [9.17, 15) is 0 Å². The first-order valence-electron chi connectivity index (χ1n) is 3.79. The van der Waals surface area contributed by atoms with E-state index in [0.717, 1.165) is 18.5 Å². The maximum absolute atomic E-state index is 8.19. The molecular weight excluding hydrogens is 150 g/mol. The third kappa shape index (κ3) is 2.14. The van der Waals surface area contributed by atoms with Crippen LogP contribution in [0, 0.1) is 23.2 Å². The second kappa shape index (κ2) is 4.20. The minimum atomic E-state index is 0.796. The van der Waals surface area contributed by atoms with Gasteiger partial charge in [0.05, 0.1) is 11.8 Å². The van der Waals surface area contributed by atoms with Crippen LogP contribution in [-0.4, -0.2) is 9.78 Å². The number of rotatable bonds is 2. The fourth-order valence-electron chi connectivity index (χ4n) is 0.880. The largest absolute Gasteiger partial charge is 0.271 e. The molecule has 0 aliphatic rings. The predicted octanol–water partition coefficient (Wildman–Crippen LogP) is 1.17. The lowest BCUT2D eigenvalue weighted by molar-refractivity contribution is 0.602. The molecule has 1 heterocycles. The summed E-state index contributed by atoms with van der Waals surface area (Å²) in [6, 6.07) is 1.76. The van der Waals surface area contributed by atoms with Crippen molar-refractivity contribution in [2.75, 3.05) is 0 Å². The van der Waals surface area contributed by atoms with Crippen LogP contribution < -0.4 is 0 Å². The van der Waals surface area contributed by atoms with E-state index in [0.29, 0.717) is 0 Å². The molecule has 1 aromatic heterocycles. The summed E-state index contributed by atoms with van der Waals surface area (Å²) in [4.78, 5) is 0. The normalized spacial score (nSPS) is 8.33. The van der Waals surface area contributed by atoms with E-state index in [1.165, 1.54) is 0 Å². The Bertz CT molecular complexity index is 346. The Labute approximate surface area is 71.6 Å². The van der Waals surface area contributed by atoms with Gasteiger partial charge in [0.25, 0.3) is 0 Å². The molecule has 1 rings (SSSR count). The Morgan fingerprint density at radius 1 is 1.67 bits per heavy atom. The van der Waals surface area contributed by atoms with Crippen LogP contribution in [-0.2, 0) is 6.54 Å². The molecule has 0 aromatic carbocycles. The van der Waals surface area contributed by atoms with Crippen molar-refractivity contribution in [3.63, 3.8) is 0 Å². The molecule has 3 nitrogen and oxygen atoms in total. The fraction of sp³-hybridized carbons (Fsp3) is 0.333. The molecule has 0 aliphatic carbocycles. The highest BCUT2D eigenvalue weighted by Crippen LogP contribution is 1.95. The summed E-state index contributed by atoms with van der Waals surface area (Å²) in [5.74, 6) is 5.00. The number of nitrogens with zero attached hydrogens (tertiary/aromatic N) is 3. The maximum atomic E-state index is 8.19. The molecule has 0 fully saturated rings. The van der Waals surface area contributed by atoms with E-state index in [1.807, 2.05) is 10.9 Å². The van der Waals surface area contributed by atoms with Crippen molar-refractivity contribution in [1.29, 1.82) is 5.26 Å². The van der Waals surface area contributed by atoms with Gasteiger partial charge in [0.15, 0.2) is 6.07 Å². The molecule has 12 heavy (non-hydrogen) atoms. The van der Waals surface area contributed by atoms with E-state index < -0.39 is 0 Å². The molecule has 1 aromatic rings. The molecule has 3 heteroatoms. The van der Waals surface area contributed by atoms with Crippen molar-refractivity contribution in [1.82, 2.24) is 9.78 Å². The van der Waals surface area contributed by atoms with Crippen molar-refractivity contribution in [3.05, 3.63) is 18.0 Å². The summed E-state index contributed by atoms with van der Waals surface area (Å²) < 4.78 is 1.82. The number of hydrogen-bond acceptors (Lipinski definition) is 2. The zero-order valence-electron chi connectivity index (χ0n) is 6.91. The van der Waals surface area contributed by atoms with E-state index in [-0.39, 0.29) is 0 Å². The molecule has 0 unspecified atom stereocenters. The minimum absolute atomic E-state index is 0.796. The van der Waals surface area contributed by atoms with Crippen molar-refractivity contribution in [3.8, 4) is 17.9 Å². The van der Waals surface area contributed by atoms with Gasteiger partial charge >= 0.3 is 0 Å². The Kier molecular flexibility index (Phi) is 2.93. The zero-order valence-corrected chi connectivity index (χ0v) is 6.91. The number of nitriles is 1. The maximum Gasteiger partial charge on any atom is 0.152 e. The monoisotopic (exact) mass is 159 g/mol. The smallest absolute Gasteiger partial charge is 0.152 e. The second-order valence-corrected chi connectivity index (χ2v) is 2.35. The molecule has 0 saturated carbocycles. The lowest BCUT2D eigenvalue weighted by atomic mass is 10.4. The van der Waals surface area contributed by atoms with Crippen LogP contribution in [0.5, 0.6) is 0 Å². The zero-order chi connectivity index (χ0) is 8.81. The van der Waals surface area contributed by atoms with Gasteiger partial charge in [-0.1, -0.05) is 6.92 Å². The molecule has 0 atom stereocenters. The molecule has 0 spiro atoms. The van der Waals surface area contributed by atoms with Crippen LogP contribution in [0.1, 0.15) is 18.9 Å². The van der Waals surface area contributed by atoms with Gasteiger partial charge in [-0.2, -0.15) is 10.4 Å². The van der Waals surface area contributed by atoms with Gasteiger partial charge in [0.2, 0.25) is 0 Å². The van der Waals surface area contributed by atoms with Gasteiger partial charge in [-0.3, -0.25) is 4.68 Å². The van der Waals surface area contributed by atoms with Crippen molar-refractivity contribution in [2.24, 2.45) is 0 Å². The van der Waals surface area contributed by atoms with Gasteiger partial charge in [0.1, 0.15) is 0 Å². The quantitative estimate of drug-likeness (QED) is 0.608. The SMILES string of the molecule is CCCn1cc(C#CC#N)cn1. The van der Waals surface area contributed by atoms with E-state index in [1.54, 1.807) is 12.3 Å². The third-order valence-corrected chi connectivity index (χ3v) is 1.35. The average molecular weight is 159 g/mol.